The maximum Gasteiger partial charge on any atom is 0.312 e. The van der Waals surface area contributed by atoms with Gasteiger partial charge >= 0.3 is 5.69 Å². The lowest BCUT2D eigenvalue weighted by Crippen LogP contribution is -2.16. The van der Waals surface area contributed by atoms with Gasteiger partial charge in [-0.05, 0) is 21.5 Å². The zero-order valence-electron chi connectivity index (χ0n) is 11.4. The number of benzene rings is 1. The molecular formula is C14H12BrN3O3S. The number of pyridine rings is 1. The van der Waals surface area contributed by atoms with Crippen molar-refractivity contribution in [2.24, 2.45) is 0 Å². The van der Waals surface area contributed by atoms with Crippen LogP contribution >= 0.6 is 27.7 Å². The van der Waals surface area contributed by atoms with E-state index in [9.17, 15) is 14.9 Å². The predicted octanol–water partition coefficient (Wildman–Crippen LogP) is 3.62. The van der Waals surface area contributed by atoms with Gasteiger partial charge in [-0.1, -0.05) is 30.3 Å². The van der Waals surface area contributed by atoms with Crippen LogP contribution in [0.3, 0.4) is 0 Å². The Balaban J connectivity index is 1.91. The molecule has 0 aliphatic rings. The van der Waals surface area contributed by atoms with Gasteiger partial charge in [0.2, 0.25) is 11.7 Å². The molecule has 1 aromatic carbocycles. The van der Waals surface area contributed by atoms with Crippen LogP contribution in [-0.4, -0.2) is 21.6 Å². The molecule has 0 radical (unpaired) electrons. The van der Waals surface area contributed by atoms with E-state index >= 15 is 0 Å². The molecular weight excluding hydrogens is 370 g/mol. The Hall–Kier alpha value is -1.93. The van der Waals surface area contributed by atoms with Crippen molar-refractivity contribution in [2.45, 2.75) is 5.75 Å². The molecule has 1 amide bonds. The second-order valence-corrected chi connectivity index (χ2v) is 6.21. The number of amides is 1. The minimum atomic E-state index is -0.579. The minimum absolute atomic E-state index is 0.0430. The van der Waals surface area contributed by atoms with Crippen molar-refractivity contribution >= 4 is 45.1 Å². The quantitative estimate of drug-likeness (QED) is 0.609. The first-order valence-electron chi connectivity index (χ1n) is 6.27. The number of carbonyl (C=O) groups excluding carboxylic acids is 1. The molecule has 0 fully saturated rings. The maximum absolute atomic E-state index is 11.9. The van der Waals surface area contributed by atoms with Gasteiger partial charge in [-0.25, -0.2) is 4.98 Å². The van der Waals surface area contributed by atoms with E-state index in [0.29, 0.717) is 10.2 Å². The van der Waals surface area contributed by atoms with Crippen molar-refractivity contribution in [1.29, 1.82) is 0 Å². The van der Waals surface area contributed by atoms with E-state index in [1.807, 2.05) is 30.3 Å². The number of nitro groups is 1. The van der Waals surface area contributed by atoms with E-state index in [1.165, 1.54) is 24.0 Å². The highest BCUT2D eigenvalue weighted by molar-refractivity contribution is 9.10. The molecule has 0 spiro atoms. The van der Waals surface area contributed by atoms with Crippen molar-refractivity contribution in [1.82, 2.24) is 4.98 Å². The summed E-state index contributed by atoms with van der Waals surface area (Å²) in [5, 5.41) is 13.4. The summed E-state index contributed by atoms with van der Waals surface area (Å²) in [7, 11) is 0. The molecule has 0 saturated carbocycles. The molecule has 22 heavy (non-hydrogen) atoms. The van der Waals surface area contributed by atoms with Crippen molar-refractivity contribution < 1.29 is 9.72 Å². The fourth-order valence-electron chi connectivity index (χ4n) is 1.67. The third-order valence-corrected chi connectivity index (χ3v) is 4.07. The lowest BCUT2D eigenvalue weighted by molar-refractivity contribution is -0.384. The summed E-state index contributed by atoms with van der Waals surface area (Å²) < 4.78 is 0.482. The first-order chi connectivity index (χ1) is 10.6. The van der Waals surface area contributed by atoms with Gasteiger partial charge in [-0.15, -0.1) is 11.8 Å². The summed E-state index contributed by atoms with van der Waals surface area (Å²) in [6.45, 7) is 0. The zero-order chi connectivity index (χ0) is 15.9. The van der Waals surface area contributed by atoms with Crippen molar-refractivity contribution in [2.75, 3.05) is 11.1 Å². The Morgan fingerprint density at radius 1 is 1.36 bits per heavy atom. The zero-order valence-corrected chi connectivity index (χ0v) is 13.8. The van der Waals surface area contributed by atoms with Gasteiger partial charge in [0.25, 0.3) is 0 Å². The first-order valence-corrected chi connectivity index (χ1v) is 8.22. The lowest BCUT2D eigenvalue weighted by Gasteiger charge is -2.05. The van der Waals surface area contributed by atoms with Crippen LogP contribution in [0.2, 0.25) is 0 Å². The number of hydrogen-bond acceptors (Lipinski definition) is 5. The second-order valence-electron chi connectivity index (χ2n) is 4.30. The molecule has 8 heteroatoms. The molecule has 1 heterocycles. The maximum atomic E-state index is 11.9. The Labute approximate surface area is 139 Å². The van der Waals surface area contributed by atoms with E-state index in [2.05, 4.69) is 26.2 Å². The molecule has 0 saturated heterocycles. The molecule has 0 atom stereocenters. The van der Waals surface area contributed by atoms with Gasteiger partial charge < -0.3 is 5.32 Å². The molecule has 2 aromatic rings. The molecule has 0 aliphatic heterocycles. The molecule has 0 bridgehead atoms. The summed E-state index contributed by atoms with van der Waals surface area (Å²) in [4.78, 5) is 26.1. The van der Waals surface area contributed by atoms with E-state index in [4.69, 9.17) is 0 Å². The summed E-state index contributed by atoms with van der Waals surface area (Å²) >= 11 is 4.55. The number of aromatic nitrogens is 1. The van der Waals surface area contributed by atoms with Crippen molar-refractivity contribution in [3.63, 3.8) is 0 Å². The molecule has 114 valence electrons. The van der Waals surface area contributed by atoms with E-state index < -0.39 is 4.92 Å². The van der Waals surface area contributed by atoms with E-state index in [0.717, 1.165) is 5.56 Å². The van der Waals surface area contributed by atoms with Gasteiger partial charge in [0.15, 0.2) is 0 Å². The van der Waals surface area contributed by atoms with Crippen molar-refractivity contribution in [3.8, 4) is 0 Å². The van der Waals surface area contributed by atoms with Crippen LogP contribution < -0.4 is 5.32 Å². The molecule has 0 aliphatic carbocycles. The monoisotopic (exact) mass is 381 g/mol. The van der Waals surface area contributed by atoms with E-state index in [1.54, 1.807) is 0 Å². The van der Waals surface area contributed by atoms with Crippen LogP contribution in [0.5, 0.6) is 0 Å². The minimum Gasteiger partial charge on any atom is -0.304 e. The number of hydrogen-bond donors (Lipinski definition) is 1. The number of carbonyl (C=O) groups is 1. The average molecular weight is 382 g/mol. The standard InChI is InChI=1S/C14H12BrN3O3S/c15-11-6-12(18(20)21)14(16-7-11)17-13(19)9-22-8-10-4-2-1-3-5-10/h1-7H,8-9H2,(H,16,17,19). The van der Waals surface area contributed by atoms with E-state index in [-0.39, 0.29) is 23.2 Å². The molecule has 1 N–H and O–H groups in total. The van der Waals surface area contributed by atoms with Gasteiger partial charge in [-0.3, -0.25) is 14.9 Å². The van der Waals surface area contributed by atoms with Crippen LogP contribution in [0, 0.1) is 10.1 Å². The molecule has 1 aromatic heterocycles. The molecule has 0 unspecified atom stereocenters. The van der Waals surface area contributed by atoms with Crippen LogP contribution in [0.15, 0.2) is 47.1 Å². The summed E-state index contributed by atoms with van der Waals surface area (Å²) in [5.74, 6) is 0.533. The van der Waals surface area contributed by atoms with Crippen LogP contribution in [0.4, 0.5) is 11.5 Å². The summed E-state index contributed by atoms with van der Waals surface area (Å²) in [6.07, 6.45) is 1.40. The number of nitrogens with zero attached hydrogens (tertiary/aromatic N) is 2. The van der Waals surface area contributed by atoms with Crippen molar-refractivity contribution in [3.05, 3.63) is 62.7 Å². The molecule has 2 rings (SSSR count). The smallest absolute Gasteiger partial charge is 0.304 e. The third kappa shape index (κ3) is 4.81. The second kappa shape index (κ2) is 7.90. The fourth-order valence-corrected chi connectivity index (χ4v) is 2.78. The lowest BCUT2D eigenvalue weighted by atomic mass is 10.2. The highest BCUT2D eigenvalue weighted by atomic mass is 79.9. The van der Waals surface area contributed by atoms with Crippen LogP contribution in [0.25, 0.3) is 0 Å². The summed E-state index contributed by atoms with van der Waals surface area (Å²) in [6, 6.07) is 11.1. The van der Waals surface area contributed by atoms with Gasteiger partial charge in [0.05, 0.1) is 10.7 Å². The summed E-state index contributed by atoms with van der Waals surface area (Å²) in [5.41, 5.74) is 0.879. The van der Waals surface area contributed by atoms with Crippen LogP contribution in [0.1, 0.15) is 5.56 Å². The topological polar surface area (TPSA) is 85.1 Å². The Morgan fingerprint density at radius 3 is 2.77 bits per heavy atom. The van der Waals surface area contributed by atoms with Gasteiger partial charge in [0, 0.05) is 22.5 Å². The average Bonchev–Trinajstić information content (AvgIpc) is 2.50. The Bertz CT molecular complexity index is 682. The predicted molar refractivity (Wildman–Crippen MR) is 89.8 cm³/mol. The fraction of sp³-hybridized carbons (Fsp3) is 0.143. The number of halogens is 1. The number of thioether (sulfide) groups is 1. The highest BCUT2D eigenvalue weighted by Crippen LogP contribution is 2.25. The number of nitrogens with one attached hydrogen (secondary N) is 1. The third-order valence-electron chi connectivity index (χ3n) is 2.63. The number of rotatable bonds is 6. The Morgan fingerprint density at radius 2 is 2.09 bits per heavy atom. The molecule has 6 nitrogen and oxygen atoms in total. The Kier molecular flexibility index (Phi) is 5.91. The van der Waals surface area contributed by atoms with Gasteiger partial charge in [0.1, 0.15) is 0 Å². The number of anilines is 1. The van der Waals surface area contributed by atoms with Crippen LogP contribution in [-0.2, 0) is 10.5 Å². The largest absolute Gasteiger partial charge is 0.312 e. The highest BCUT2D eigenvalue weighted by Gasteiger charge is 2.17. The SMILES string of the molecule is O=C(CSCc1ccccc1)Nc1ncc(Br)cc1[N+](=O)[O-]. The normalized spacial score (nSPS) is 10.2. The first kappa shape index (κ1) is 16.4. The van der Waals surface area contributed by atoms with Gasteiger partial charge in [-0.2, -0.15) is 0 Å².